The zero-order valence-corrected chi connectivity index (χ0v) is 10.5. The van der Waals surface area contributed by atoms with Gasteiger partial charge in [-0.3, -0.25) is 0 Å². The third kappa shape index (κ3) is 3.37. The molecule has 94 valence electrons. The van der Waals surface area contributed by atoms with E-state index >= 15 is 0 Å². The number of nitrogens with two attached hydrogens (primary N) is 1. The minimum atomic E-state index is 0.0483. The summed E-state index contributed by atoms with van der Waals surface area (Å²) in [6.45, 7) is 3.50. The van der Waals surface area contributed by atoms with Crippen LogP contribution in [0.4, 0.5) is 4.79 Å². The smallest absolute Gasteiger partial charge is 0.317 e. The van der Waals surface area contributed by atoms with Crippen LogP contribution in [-0.4, -0.2) is 37.1 Å². The fourth-order valence-corrected chi connectivity index (χ4v) is 2.48. The van der Waals surface area contributed by atoms with E-state index < -0.39 is 0 Å². The molecule has 2 atom stereocenters. The second-order valence-electron chi connectivity index (χ2n) is 4.69. The summed E-state index contributed by atoms with van der Waals surface area (Å²) in [7, 11) is 1.89. The second kappa shape index (κ2) is 6.74. The van der Waals surface area contributed by atoms with Gasteiger partial charge in [-0.25, -0.2) is 4.79 Å². The van der Waals surface area contributed by atoms with Gasteiger partial charge in [0.05, 0.1) is 0 Å². The predicted molar refractivity (Wildman–Crippen MR) is 66.3 cm³/mol. The first-order valence-corrected chi connectivity index (χ1v) is 6.41. The van der Waals surface area contributed by atoms with E-state index in [0.29, 0.717) is 18.5 Å². The van der Waals surface area contributed by atoms with Gasteiger partial charge in [-0.15, -0.1) is 0 Å². The molecule has 2 amide bonds. The Morgan fingerprint density at radius 2 is 2.12 bits per heavy atom. The fourth-order valence-electron chi connectivity index (χ4n) is 2.48. The topological polar surface area (TPSA) is 58.4 Å². The predicted octanol–water partition coefficient (Wildman–Crippen LogP) is 1.56. The molecule has 0 aromatic rings. The van der Waals surface area contributed by atoms with Gasteiger partial charge in [0, 0.05) is 19.6 Å². The third-order valence-electron chi connectivity index (χ3n) is 3.52. The molecule has 1 fully saturated rings. The van der Waals surface area contributed by atoms with Gasteiger partial charge in [0.1, 0.15) is 0 Å². The van der Waals surface area contributed by atoms with Gasteiger partial charge < -0.3 is 16.0 Å². The Hall–Kier alpha value is -0.770. The molecular formula is C12H25N3O. The highest BCUT2D eigenvalue weighted by atomic mass is 16.2. The van der Waals surface area contributed by atoms with Crippen LogP contribution in [0.5, 0.6) is 0 Å². The number of nitrogens with one attached hydrogen (secondary N) is 1. The molecule has 0 heterocycles. The van der Waals surface area contributed by atoms with E-state index in [-0.39, 0.29) is 6.03 Å². The lowest BCUT2D eigenvalue weighted by Gasteiger charge is -2.37. The summed E-state index contributed by atoms with van der Waals surface area (Å²) in [5.74, 6) is 0.478. The van der Waals surface area contributed by atoms with Crippen LogP contribution >= 0.6 is 0 Å². The zero-order chi connectivity index (χ0) is 12.0. The normalized spacial score (nSPS) is 25.2. The number of hydrogen-bond donors (Lipinski definition) is 2. The Labute approximate surface area is 98.6 Å². The highest BCUT2D eigenvalue weighted by molar-refractivity contribution is 5.74. The van der Waals surface area contributed by atoms with Crippen LogP contribution in [0.3, 0.4) is 0 Å². The summed E-state index contributed by atoms with van der Waals surface area (Å²) in [4.78, 5) is 13.7. The molecule has 2 unspecified atom stereocenters. The minimum absolute atomic E-state index is 0.0483. The molecule has 3 N–H and O–H groups in total. The lowest BCUT2D eigenvalue weighted by atomic mass is 9.84. The fraction of sp³-hybridized carbons (Fsp3) is 0.917. The van der Waals surface area contributed by atoms with Gasteiger partial charge in [0.15, 0.2) is 0 Å². The molecule has 0 saturated heterocycles. The molecule has 1 saturated carbocycles. The quantitative estimate of drug-likeness (QED) is 0.765. The van der Waals surface area contributed by atoms with Crippen LogP contribution in [0, 0.1) is 5.92 Å². The van der Waals surface area contributed by atoms with Crippen molar-refractivity contribution in [1.29, 1.82) is 0 Å². The first-order chi connectivity index (χ1) is 7.70. The molecule has 4 heteroatoms. The molecule has 1 aliphatic rings. The molecular weight excluding hydrogens is 202 g/mol. The molecule has 0 aromatic carbocycles. The maximum atomic E-state index is 11.8. The van der Waals surface area contributed by atoms with Crippen LogP contribution in [-0.2, 0) is 0 Å². The van der Waals surface area contributed by atoms with Gasteiger partial charge in [-0.2, -0.15) is 0 Å². The van der Waals surface area contributed by atoms with Crippen molar-refractivity contribution in [3.05, 3.63) is 0 Å². The van der Waals surface area contributed by atoms with Crippen LogP contribution in [0.2, 0.25) is 0 Å². The standard InChI is InChI=1S/C12H25N3O/c1-3-8-14-12(16)15(2)11-7-5-4-6-10(11)9-13/h10-11H,3-9,13H2,1-2H3,(H,14,16). The monoisotopic (exact) mass is 227 g/mol. The Bertz CT molecular complexity index is 220. The van der Waals surface area contributed by atoms with Gasteiger partial charge in [-0.1, -0.05) is 19.8 Å². The zero-order valence-electron chi connectivity index (χ0n) is 10.5. The summed E-state index contributed by atoms with van der Waals surface area (Å²) in [6.07, 6.45) is 5.70. The van der Waals surface area contributed by atoms with Crippen molar-refractivity contribution in [1.82, 2.24) is 10.2 Å². The lowest BCUT2D eigenvalue weighted by molar-refractivity contribution is 0.141. The van der Waals surface area contributed by atoms with E-state index in [1.54, 1.807) is 0 Å². The van der Waals surface area contributed by atoms with Crippen molar-refractivity contribution < 1.29 is 4.79 Å². The molecule has 4 nitrogen and oxygen atoms in total. The Balaban J connectivity index is 2.49. The Morgan fingerprint density at radius 3 is 2.75 bits per heavy atom. The lowest BCUT2D eigenvalue weighted by Crippen LogP contribution is -2.49. The van der Waals surface area contributed by atoms with E-state index in [9.17, 15) is 4.79 Å². The summed E-state index contributed by atoms with van der Waals surface area (Å²) < 4.78 is 0. The SMILES string of the molecule is CCCNC(=O)N(C)C1CCCCC1CN. The average molecular weight is 227 g/mol. The molecule has 0 radical (unpaired) electrons. The summed E-state index contributed by atoms with van der Waals surface area (Å²) in [5.41, 5.74) is 5.77. The van der Waals surface area contributed by atoms with E-state index in [1.165, 1.54) is 12.8 Å². The maximum Gasteiger partial charge on any atom is 0.317 e. The number of rotatable bonds is 4. The van der Waals surface area contributed by atoms with Crippen molar-refractivity contribution in [2.24, 2.45) is 11.7 Å². The molecule has 0 aliphatic heterocycles. The second-order valence-corrected chi connectivity index (χ2v) is 4.69. The van der Waals surface area contributed by atoms with Crippen molar-refractivity contribution in [3.63, 3.8) is 0 Å². The van der Waals surface area contributed by atoms with Gasteiger partial charge >= 0.3 is 6.03 Å². The van der Waals surface area contributed by atoms with Crippen LogP contribution < -0.4 is 11.1 Å². The van der Waals surface area contributed by atoms with Crippen LogP contribution in [0.1, 0.15) is 39.0 Å². The number of nitrogens with zero attached hydrogens (tertiary/aromatic N) is 1. The Morgan fingerprint density at radius 1 is 1.44 bits per heavy atom. The largest absolute Gasteiger partial charge is 0.338 e. The van der Waals surface area contributed by atoms with Crippen molar-refractivity contribution in [3.8, 4) is 0 Å². The number of carbonyl (C=O) groups excluding carboxylic acids is 1. The number of carbonyl (C=O) groups is 1. The Kier molecular flexibility index (Phi) is 5.60. The average Bonchev–Trinajstić information content (AvgIpc) is 2.34. The van der Waals surface area contributed by atoms with Crippen molar-refractivity contribution >= 4 is 6.03 Å². The summed E-state index contributed by atoms with van der Waals surface area (Å²) in [6, 6.07) is 0.378. The molecule has 16 heavy (non-hydrogen) atoms. The van der Waals surface area contributed by atoms with E-state index in [4.69, 9.17) is 5.73 Å². The van der Waals surface area contributed by atoms with E-state index in [0.717, 1.165) is 25.8 Å². The number of hydrogen-bond acceptors (Lipinski definition) is 2. The first-order valence-electron chi connectivity index (χ1n) is 6.41. The van der Waals surface area contributed by atoms with E-state index in [2.05, 4.69) is 12.2 Å². The highest BCUT2D eigenvalue weighted by Gasteiger charge is 2.29. The van der Waals surface area contributed by atoms with Gasteiger partial charge in [0.2, 0.25) is 0 Å². The molecule has 1 rings (SSSR count). The van der Waals surface area contributed by atoms with Gasteiger partial charge in [-0.05, 0) is 31.7 Å². The summed E-state index contributed by atoms with van der Waals surface area (Å²) in [5, 5.41) is 2.92. The van der Waals surface area contributed by atoms with Crippen LogP contribution in [0.15, 0.2) is 0 Å². The van der Waals surface area contributed by atoms with Crippen molar-refractivity contribution in [2.75, 3.05) is 20.1 Å². The highest BCUT2D eigenvalue weighted by Crippen LogP contribution is 2.27. The molecule has 0 bridgehead atoms. The molecule has 0 aromatic heterocycles. The number of amides is 2. The van der Waals surface area contributed by atoms with Gasteiger partial charge in [0.25, 0.3) is 0 Å². The first kappa shape index (κ1) is 13.3. The van der Waals surface area contributed by atoms with Crippen molar-refractivity contribution in [2.45, 2.75) is 45.1 Å². The van der Waals surface area contributed by atoms with E-state index in [1.807, 2.05) is 11.9 Å². The number of urea groups is 1. The van der Waals surface area contributed by atoms with Crippen LogP contribution in [0.25, 0.3) is 0 Å². The molecule has 1 aliphatic carbocycles. The minimum Gasteiger partial charge on any atom is -0.338 e. The third-order valence-corrected chi connectivity index (χ3v) is 3.52. The maximum absolute atomic E-state index is 11.8. The summed E-state index contributed by atoms with van der Waals surface area (Å²) >= 11 is 0. The molecule has 0 spiro atoms.